The average molecular weight is 246 g/mol. The van der Waals surface area contributed by atoms with Crippen LogP contribution in [0, 0.1) is 11.7 Å². The number of ether oxygens (including phenoxy) is 1. The molecule has 1 aliphatic rings. The fraction of sp³-hybridized carbons (Fsp3) is 0.500. The Kier molecular flexibility index (Phi) is 4.56. The first kappa shape index (κ1) is 13.3. The van der Waals surface area contributed by atoms with Gasteiger partial charge in [0.15, 0.2) is 11.6 Å². The molecule has 2 N–H and O–H groups in total. The van der Waals surface area contributed by atoms with E-state index in [2.05, 4.69) is 0 Å². The Bertz CT molecular complexity index is 355. The predicted molar refractivity (Wildman–Crippen MR) is 64.5 cm³/mol. The first-order valence-electron chi connectivity index (χ1n) is 5.29. The molecule has 0 saturated heterocycles. The Balaban J connectivity index is 0.00000128. The molecule has 1 saturated carbocycles. The molecule has 90 valence electrons. The second-order valence-electron chi connectivity index (χ2n) is 4.18. The van der Waals surface area contributed by atoms with Gasteiger partial charge in [-0.2, -0.15) is 0 Å². The maximum Gasteiger partial charge on any atom is 0.165 e. The molecule has 0 spiro atoms. The number of nitrogens with two attached hydrogens (primary N) is 1. The van der Waals surface area contributed by atoms with Crippen molar-refractivity contribution in [2.24, 2.45) is 11.7 Å². The van der Waals surface area contributed by atoms with Gasteiger partial charge in [-0.1, -0.05) is 18.9 Å². The minimum atomic E-state index is -0.333. The lowest BCUT2D eigenvalue weighted by atomic mass is 10.0. The highest BCUT2D eigenvalue weighted by Crippen LogP contribution is 2.37. The van der Waals surface area contributed by atoms with Crippen molar-refractivity contribution in [1.82, 2.24) is 0 Å². The van der Waals surface area contributed by atoms with Gasteiger partial charge in [-0.25, -0.2) is 4.39 Å². The van der Waals surface area contributed by atoms with Crippen LogP contribution in [-0.2, 0) is 0 Å². The highest BCUT2D eigenvalue weighted by Gasteiger charge is 2.24. The van der Waals surface area contributed by atoms with E-state index in [1.54, 1.807) is 12.1 Å². The van der Waals surface area contributed by atoms with Crippen LogP contribution in [0.25, 0.3) is 0 Å². The van der Waals surface area contributed by atoms with Gasteiger partial charge in [0, 0.05) is 6.04 Å². The average Bonchev–Trinajstić information content (AvgIpc) is 3.02. The molecule has 1 aliphatic carbocycles. The molecule has 1 fully saturated rings. The number of hydrogen-bond acceptors (Lipinski definition) is 2. The number of hydrogen-bond donors (Lipinski definition) is 1. The third-order valence-corrected chi connectivity index (χ3v) is 2.89. The zero-order valence-corrected chi connectivity index (χ0v) is 10.1. The van der Waals surface area contributed by atoms with Gasteiger partial charge in [0.2, 0.25) is 0 Å². The summed E-state index contributed by atoms with van der Waals surface area (Å²) in [5, 5.41) is 0. The summed E-state index contributed by atoms with van der Waals surface area (Å²) in [7, 11) is 1.47. The van der Waals surface area contributed by atoms with Crippen LogP contribution in [0.3, 0.4) is 0 Å². The summed E-state index contributed by atoms with van der Waals surface area (Å²) < 4.78 is 18.1. The van der Waals surface area contributed by atoms with Crippen LogP contribution in [0.15, 0.2) is 18.2 Å². The molecule has 1 aromatic rings. The molecule has 0 heterocycles. The summed E-state index contributed by atoms with van der Waals surface area (Å²) in [5.74, 6) is 0.717. The zero-order valence-electron chi connectivity index (χ0n) is 9.28. The lowest BCUT2D eigenvalue weighted by molar-refractivity contribution is 0.385. The fourth-order valence-electron chi connectivity index (χ4n) is 1.76. The van der Waals surface area contributed by atoms with Crippen molar-refractivity contribution < 1.29 is 9.13 Å². The van der Waals surface area contributed by atoms with Crippen molar-refractivity contribution in [2.45, 2.75) is 25.3 Å². The third-order valence-electron chi connectivity index (χ3n) is 2.89. The van der Waals surface area contributed by atoms with E-state index in [4.69, 9.17) is 10.5 Å². The van der Waals surface area contributed by atoms with Gasteiger partial charge in [-0.05, 0) is 30.0 Å². The molecule has 1 atom stereocenters. The molecule has 4 heteroatoms. The van der Waals surface area contributed by atoms with E-state index < -0.39 is 0 Å². The summed E-state index contributed by atoms with van der Waals surface area (Å²) in [4.78, 5) is 0. The lowest BCUT2D eigenvalue weighted by Crippen LogP contribution is -2.11. The van der Waals surface area contributed by atoms with Crippen molar-refractivity contribution in [1.29, 1.82) is 0 Å². The monoisotopic (exact) mass is 245 g/mol. The van der Waals surface area contributed by atoms with Crippen LogP contribution in [0.2, 0.25) is 0 Å². The summed E-state index contributed by atoms with van der Waals surface area (Å²) in [6.07, 6.45) is 3.56. The number of rotatable bonds is 4. The molecule has 0 unspecified atom stereocenters. The van der Waals surface area contributed by atoms with Crippen molar-refractivity contribution in [3.8, 4) is 5.75 Å². The van der Waals surface area contributed by atoms with Gasteiger partial charge in [-0.3, -0.25) is 0 Å². The van der Waals surface area contributed by atoms with Gasteiger partial charge in [0.05, 0.1) is 7.11 Å². The molecule has 16 heavy (non-hydrogen) atoms. The summed E-state index contributed by atoms with van der Waals surface area (Å²) >= 11 is 0. The summed E-state index contributed by atoms with van der Waals surface area (Å²) in [5.41, 5.74) is 6.99. The predicted octanol–water partition coefficient (Wildman–Crippen LogP) is 3.06. The van der Waals surface area contributed by atoms with Gasteiger partial charge in [-0.15, -0.1) is 12.4 Å². The van der Waals surface area contributed by atoms with E-state index in [0.29, 0.717) is 0 Å². The first-order valence-corrected chi connectivity index (χ1v) is 5.29. The Labute approximate surface area is 101 Å². The van der Waals surface area contributed by atoms with Crippen molar-refractivity contribution >= 4 is 12.4 Å². The SMILES string of the molecule is COc1cc([C@@H](N)CC2CC2)ccc1F.Cl. The molecule has 0 aromatic heterocycles. The van der Waals surface area contributed by atoms with Crippen LogP contribution in [0.1, 0.15) is 30.9 Å². The second kappa shape index (κ2) is 5.51. The molecule has 1 aromatic carbocycles. The standard InChI is InChI=1S/C12H16FNO.ClH/c1-15-12-7-9(4-5-10(12)13)11(14)6-8-2-3-8;/h4-5,7-8,11H,2-3,6,14H2,1H3;1H/t11-;/m0./s1. The van der Waals surface area contributed by atoms with E-state index in [1.165, 1.54) is 26.0 Å². The van der Waals surface area contributed by atoms with E-state index in [0.717, 1.165) is 17.9 Å². The van der Waals surface area contributed by atoms with E-state index in [9.17, 15) is 4.39 Å². The third kappa shape index (κ3) is 3.09. The molecule has 0 aliphatic heterocycles. The largest absolute Gasteiger partial charge is 0.494 e. The van der Waals surface area contributed by atoms with Gasteiger partial charge in [0.1, 0.15) is 0 Å². The van der Waals surface area contributed by atoms with Crippen LogP contribution >= 0.6 is 12.4 Å². The number of halogens is 2. The number of benzene rings is 1. The minimum Gasteiger partial charge on any atom is -0.494 e. The molecular weight excluding hydrogens is 229 g/mol. The zero-order chi connectivity index (χ0) is 10.8. The lowest BCUT2D eigenvalue weighted by Gasteiger charge is -2.12. The minimum absolute atomic E-state index is 0. The number of methoxy groups -OCH3 is 1. The summed E-state index contributed by atoms with van der Waals surface area (Å²) in [6.45, 7) is 0. The second-order valence-corrected chi connectivity index (χ2v) is 4.18. The highest BCUT2D eigenvalue weighted by molar-refractivity contribution is 5.85. The molecule has 0 radical (unpaired) electrons. The van der Waals surface area contributed by atoms with Gasteiger partial charge < -0.3 is 10.5 Å². The van der Waals surface area contributed by atoms with Crippen LogP contribution in [-0.4, -0.2) is 7.11 Å². The normalized spacial score (nSPS) is 16.4. The van der Waals surface area contributed by atoms with Crippen molar-refractivity contribution in [3.63, 3.8) is 0 Å². The van der Waals surface area contributed by atoms with E-state index >= 15 is 0 Å². The van der Waals surface area contributed by atoms with Crippen LogP contribution in [0.5, 0.6) is 5.75 Å². The van der Waals surface area contributed by atoms with Gasteiger partial charge >= 0.3 is 0 Å². The Morgan fingerprint density at radius 3 is 2.75 bits per heavy atom. The molecule has 0 bridgehead atoms. The Morgan fingerprint density at radius 1 is 1.50 bits per heavy atom. The summed E-state index contributed by atoms with van der Waals surface area (Å²) in [6, 6.07) is 4.86. The van der Waals surface area contributed by atoms with E-state index in [1.807, 2.05) is 0 Å². The van der Waals surface area contributed by atoms with Gasteiger partial charge in [0.25, 0.3) is 0 Å². The molecule has 2 nitrogen and oxygen atoms in total. The van der Waals surface area contributed by atoms with Crippen molar-refractivity contribution in [2.75, 3.05) is 7.11 Å². The highest BCUT2D eigenvalue weighted by atomic mass is 35.5. The fourth-order valence-corrected chi connectivity index (χ4v) is 1.76. The maximum absolute atomic E-state index is 13.1. The first-order chi connectivity index (χ1) is 7.20. The topological polar surface area (TPSA) is 35.2 Å². The molecule has 0 amide bonds. The quantitative estimate of drug-likeness (QED) is 0.885. The Hall–Kier alpha value is -0.800. The van der Waals surface area contributed by atoms with Crippen LogP contribution < -0.4 is 10.5 Å². The smallest absolute Gasteiger partial charge is 0.165 e. The molecular formula is C12H17ClFNO. The molecule has 2 rings (SSSR count). The maximum atomic E-state index is 13.1. The Morgan fingerprint density at radius 2 is 2.19 bits per heavy atom. The van der Waals surface area contributed by atoms with Crippen LogP contribution in [0.4, 0.5) is 4.39 Å². The van der Waals surface area contributed by atoms with Crippen molar-refractivity contribution in [3.05, 3.63) is 29.6 Å². The van der Waals surface area contributed by atoms with E-state index in [-0.39, 0.29) is 30.0 Å².